The summed E-state index contributed by atoms with van der Waals surface area (Å²) < 4.78 is 37.6. The highest BCUT2D eigenvalue weighted by molar-refractivity contribution is 8.00. The van der Waals surface area contributed by atoms with E-state index in [-0.39, 0.29) is 12.5 Å². The van der Waals surface area contributed by atoms with Crippen molar-refractivity contribution in [2.75, 3.05) is 24.4 Å². The first-order chi connectivity index (χ1) is 6.29. The largest absolute Gasteiger partial charge is 0.270 e. The predicted octanol–water partition coefficient (Wildman–Crippen LogP) is 0.0890. The summed E-state index contributed by atoms with van der Waals surface area (Å²) in [5.41, 5.74) is 0. The lowest BCUT2D eigenvalue weighted by atomic mass is 10.1. The number of hydrogen-bond acceptors (Lipinski definition) is 4. The Balaban J connectivity index is 2.37. The fourth-order valence-electron chi connectivity index (χ4n) is 1.40. The van der Waals surface area contributed by atoms with Gasteiger partial charge in [0.15, 0.2) is 0 Å². The quantitative estimate of drug-likeness (QED) is 0.518. The molecule has 1 heterocycles. The topological polar surface area (TPSA) is 60.4 Å². The van der Waals surface area contributed by atoms with Crippen LogP contribution in [0.5, 0.6) is 0 Å². The molecule has 0 amide bonds. The molecule has 0 atom stereocenters. The van der Waals surface area contributed by atoms with Crippen molar-refractivity contribution in [2.45, 2.75) is 12.8 Å². The monoisotopic (exact) mass is 240 g/mol. The van der Waals surface area contributed by atoms with E-state index >= 15 is 0 Å². The Labute approximate surface area is 85.8 Å². The Hall–Kier alpha value is -0.0700. The van der Waals surface area contributed by atoms with Crippen molar-refractivity contribution in [1.82, 2.24) is 0 Å². The van der Waals surface area contributed by atoms with Gasteiger partial charge in [0.05, 0.1) is 12.9 Å². The third-order valence-corrected chi connectivity index (χ3v) is 4.84. The molecule has 0 N–H and O–H groups in total. The highest BCUT2D eigenvalue weighted by atomic mass is 32.2. The fourth-order valence-corrected chi connectivity index (χ4v) is 3.57. The van der Waals surface area contributed by atoms with E-state index in [0.29, 0.717) is 11.5 Å². The van der Waals surface area contributed by atoms with Crippen LogP contribution in [0.3, 0.4) is 0 Å². The van der Waals surface area contributed by atoms with Gasteiger partial charge in [-0.2, -0.15) is 8.42 Å². The Kier molecular flexibility index (Phi) is 3.60. The van der Waals surface area contributed by atoms with Gasteiger partial charge in [-0.25, -0.2) is 0 Å². The lowest BCUT2D eigenvalue weighted by molar-refractivity contribution is 0.246. The zero-order valence-corrected chi connectivity index (χ0v) is 9.90. The van der Waals surface area contributed by atoms with Crippen LogP contribution in [0.15, 0.2) is 0 Å². The van der Waals surface area contributed by atoms with Crippen LogP contribution in [-0.2, 0) is 23.8 Å². The van der Waals surface area contributed by atoms with E-state index in [0.717, 1.165) is 19.1 Å². The highest BCUT2D eigenvalue weighted by Crippen LogP contribution is 2.19. The van der Waals surface area contributed by atoms with E-state index in [1.54, 1.807) is 0 Å². The lowest BCUT2D eigenvalue weighted by Crippen LogP contribution is -2.26. The summed E-state index contributed by atoms with van der Waals surface area (Å²) in [5.74, 6) is 5.03. The Morgan fingerprint density at radius 3 is 2.36 bits per heavy atom. The maximum absolute atomic E-state index is 11.5. The minimum atomic E-state index is -3.34. The Morgan fingerprint density at radius 1 is 1.43 bits per heavy atom. The van der Waals surface area contributed by atoms with E-state index < -0.39 is 19.6 Å². The molecule has 0 aromatic heterocycles. The molecule has 1 aliphatic heterocycles. The third kappa shape index (κ3) is 4.43. The van der Waals surface area contributed by atoms with Gasteiger partial charge in [-0.1, -0.05) is 0 Å². The van der Waals surface area contributed by atoms with Crippen molar-refractivity contribution < 1.29 is 16.8 Å². The second-order valence-electron chi connectivity index (χ2n) is 3.81. The molecule has 14 heavy (non-hydrogen) atoms. The summed E-state index contributed by atoms with van der Waals surface area (Å²) in [4.78, 5) is 0. The van der Waals surface area contributed by atoms with Gasteiger partial charge in [0, 0.05) is 11.5 Å². The molecule has 0 aromatic rings. The van der Waals surface area contributed by atoms with Crippen molar-refractivity contribution in [1.29, 1.82) is 0 Å². The Morgan fingerprint density at radius 2 is 1.93 bits per heavy atom. The normalized spacial score (nSPS) is 34.2. The highest BCUT2D eigenvalue weighted by Gasteiger charge is 2.21. The summed E-state index contributed by atoms with van der Waals surface area (Å²) in [6.07, 6.45) is 2.54. The van der Waals surface area contributed by atoms with Crippen LogP contribution in [0, 0.1) is 5.92 Å². The van der Waals surface area contributed by atoms with Gasteiger partial charge in [-0.15, -0.1) is 0 Å². The minimum Gasteiger partial charge on any atom is -0.270 e. The van der Waals surface area contributed by atoms with Gasteiger partial charge in [-0.3, -0.25) is 8.39 Å². The average molecular weight is 240 g/mol. The maximum Gasteiger partial charge on any atom is 0.264 e. The molecule has 1 rings (SSSR count). The van der Waals surface area contributed by atoms with Crippen molar-refractivity contribution in [3.05, 3.63) is 0 Å². The summed E-state index contributed by atoms with van der Waals surface area (Å²) in [7, 11) is -5.21. The van der Waals surface area contributed by atoms with Gasteiger partial charge in [0.1, 0.15) is 0 Å². The molecule has 0 radical (unpaired) electrons. The third-order valence-electron chi connectivity index (χ3n) is 2.31. The van der Waals surface area contributed by atoms with Gasteiger partial charge in [0.2, 0.25) is 0 Å². The molecule has 1 aliphatic rings. The molecule has 0 unspecified atom stereocenters. The van der Waals surface area contributed by atoms with Crippen molar-refractivity contribution >= 4 is 25.5 Å². The number of rotatable bonds is 3. The fraction of sp³-hybridized carbons (Fsp3) is 0.875. The van der Waals surface area contributed by atoms with Crippen LogP contribution in [0.1, 0.15) is 12.8 Å². The molecule has 4 nitrogen and oxygen atoms in total. The van der Waals surface area contributed by atoms with Gasteiger partial charge in [-0.05, 0) is 34.2 Å². The molecule has 6 heteroatoms. The molecule has 0 aromatic carbocycles. The van der Waals surface area contributed by atoms with Crippen LogP contribution in [0.2, 0.25) is 0 Å². The van der Waals surface area contributed by atoms with Crippen molar-refractivity contribution in [2.24, 2.45) is 5.92 Å². The second-order valence-corrected chi connectivity index (χ2v) is 8.20. The second kappa shape index (κ2) is 4.20. The van der Waals surface area contributed by atoms with Crippen LogP contribution in [-0.4, -0.2) is 42.9 Å². The molecular formula is C8H16O4S2. The summed E-state index contributed by atoms with van der Waals surface area (Å²) in [6, 6.07) is 0. The van der Waals surface area contributed by atoms with E-state index in [9.17, 15) is 12.6 Å². The first-order valence-electron chi connectivity index (χ1n) is 4.45. The van der Waals surface area contributed by atoms with Crippen LogP contribution in [0.4, 0.5) is 0 Å². The van der Waals surface area contributed by atoms with Crippen molar-refractivity contribution in [3.63, 3.8) is 0 Å². The Bertz CT molecular complexity index is 366. The van der Waals surface area contributed by atoms with E-state index in [1.807, 2.05) is 0 Å². The first-order valence-corrected chi connectivity index (χ1v) is 8.34. The summed E-state index contributed by atoms with van der Waals surface area (Å²) >= 11 is 0. The molecule has 1 fully saturated rings. The standard InChI is InChI=1S/C8H16O4S2/c1-13(9)5-3-8(4-6-13)7-12-14(2,10)11/h8H,1,3-7H2,2H3. The summed E-state index contributed by atoms with van der Waals surface area (Å²) in [6.45, 7) is 0.217. The first kappa shape index (κ1) is 12.0. The molecule has 0 aliphatic carbocycles. The summed E-state index contributed by atoms with van der Waals surface area (Å²) in [5, 5.41) is 0. The molecule has 0 saturated carbocycles. The van der Waals surface area contributed by atoms with Crippen LogP contribution >= 0.6 is 0 Å². The van der Waals surface area contributed by atoms with Gasteiger partial charge >= 0.3 is 0 Å². The molecule has 84 valence electrons. The van der Waals surface area contributed by atoms with Crippen LogP contribution < -0.4 is 0 Å². The molecular weight excluding hydrogens is 224 g/mol. The van der Waals surface area contributed by atoms with E-state index in [2.05, 4.69) is 5.87 Å². The molecule has 0 spiro atoms. The van der Waals surface area contributed by atoms with Gasteiger partial charge in [0.25, 0.3) is 10.1 Å². The van der Waals surface area contributed by atoms with Gasteiger partial charge < -0.3 is 0 Å². The van der Waals surface area contributed by atoms with Crippen molar-refractivity contribution in [3.8, 4) is 0 Å². The molecule has 0 bridgehead atoms. The maximum atomic E-state index is 11.5. The zero-order valence-electron chi connectivity index (χ0n) is 8.27. The predicted molar refractivity (Wildman–Crippen MR) is 58.5 cm³/mol. The van der Waals surface area contributed by atoms with E-state index in [4.69, 9.17) is 4.18 Å². The smallest absolute Gasteiger partial charge is 0.264 e. The SMILES string of the molecule is C=S1(=O)CCC(COS(C)(=O)=O)CC1. The molecule has 1 saturated heterocycles. The zero-order chi connectivity index (χ0) is 10.8. The lowest BCUT2D eigenvalue weighted by Gasteiger charge is -2.23. The average Bonchev–Trinajstić information content (AvgIpc) is 2.01. The number of hydrogen-bond donors (Lipinski definition) is 0. The minimum absolute atomic E-state index is 0.209. The van der Waals surface area contributed by atoms with Crippen LogP contribution in [0.25, 0.3) is 0 Å². The van der Waals surface area contributed by atoms with E-state index in [1.165, 1.54) is 0 Å².